The van der Waals surface area contributed by atoms with E-state index in [9.17, 15) is 9.59 Å². The summed E-state index contributed by atoms with van der Waals surface area (Å²) >= 11 is 0. The molecule has 3 nitrogen and oxygen atoms in total. The minimum absolute atomic E-state index is 0.223. The topological polar surface area (TPSA) is 43.4 Å². The van der Waals surface area contributed by atoms with Crippen LogP contribution in [0.1, 0.15) is 46.5 Å². The highest BCUT2D eigenvalue weighted by molar-refractivity contribution is 5.82. The van der Waals surface area contributed by atoms with Crippen LogP contribution >= 0.6 is 0 Å². The smallest absolute Gasteiger partial charge is 0.330 e. The Morgan fingerprint density at radius 1 is 1.12 bits per heavy atom. The van der Waals surface area contributed by atoms with Crippen LogP contribution in [0, 0.1) is 11.8 Å². The number of allylic oxidation sites excluding steroid dienone is 1. The highest BCUT2D eigenvalue weighted by Crippen LogP contribution is 2.28. The Morgan fingerprint density at radius 3 is 2.12 bits per heavy atom. The van der Waals surface area contributed by atoms with E-state index in [1.54, 1.807) is 0 Å². The van der Waals surface area contributed by atoms with Gasteiger partial charge in [-0.05, 0) is 52.4 Å². The Kier molecular flexibility index (Phi) is 4.91. The van der Waals surface area contributed by atoms with Gasteiger partial charge in [-0.15, -0.1) is 0 Å². The largest absolute Gasteiger partial charge is 0.457 e. The summed E-state index contributed by atoms with van der Waals surface area (Å²) in [7, 11) is 0. The van der Waals surface area contributed by atoms with Crippen molar-refractivity contribution in [1.82, 2.24) is 0 Å². The van der Waals surface area contributed by atoms with E-state index in [0.717, 1.165) is 32.0 Å². The summed E-state index contributed by atoms with van der Waals surface area (Å²) in [5, 5.41) is 0. The Hall–Kier alpha value is -1.12. The first-order valence-corrected chi connectivity index (χ1v) is 6.27. The Labute approximate surface area is 103 Å². The SMILES string of the molecule is CC(C)(C)OC(=O)/C=C/C1CCC(C=O)CC1. The van der Waals surface area contributed by atoms with E-state index in [4.69, 9.17) is 4.74 Å². The van der Waals surface area contributed by atoms with Crippen LogP contribution in [0.15, 0.2) is 12.2 Å². The van der Waals surface area contributed by atoms with Gasteiger partial charge in [0.25, 0.3) is 0 Å². The molecule has 17 heavy (non-hydrogen) atoms. The molecular formula is C14H22O3. The molecule has 0 radical (unpaired) electrons. The zero-order valence-electron chi connectivity index (χ0n) is 10.9. The fraction of sp³-hybridized carbons (Fsp3) is 0.714. The molecule has 0 aromatic carbocycles. The van der Waals surface area contributed by atoms with Gasteiger partial charge in [-0.3, -0.25) is 0 Å². The monoisotopic (exact) mass is 238 g/mol. The van der Waals surface area contributed by atoms with Crippen molar-refractivity contribution < 1.29 is 14.3 Å². The predicted molar refractivity (Wildman–Crippen MR) is 66.5 cm³/mol. The second kappa shape index (κ2) is 5.99. The van der Waals surface area contributed by atoms with Crippen molar-refractivity contribution in [2.75, 3.05) is 0 Å². The molecule has 0 atom stereocenters. The van der Waals surface area contributed by atoms with E-state index in [1.165, 1.54) is 6.08 Å². The zero-order valence-corrected chi connectivity index (χ0v) is 10.9. The van der Waals surface area contributed by atoms with Gasteiger partial charge in [0.15, 0.2) is 0 Å². The van der Waals surface area contributed by atoms with E-state index in [1.807, 2.05) is 26.8 Å². The first-order chi connectivity index (χ1) is 7.90. The number of rotatable bonds is 3. The van der Waals surface area contributed by atoms with Gasteiger partial charge >= 0.3 is 5.97 Å². The molecule has 0 aromatic rings. The third kappa shape index (κ3) is 5.66. The van der Waals surface area contributed by atoms with E-state index >= 15 is 0 Å². The average Bonchev–Trinajstić information content (AvgIpc) is 2.25. The first-order valence-electron chi connectivity index (χ1n) is 6.27. The highest BCUT2D eigenvalue weighted by Gasteiger charge is 2.19. The van der Waals surface area contributed by atoms with Gasteiger partial charge in [-0.1, -0.05) is 6.08 Å². The summed E-state index contributed by atoms with van der Waals surface area (Å²) in [6.45, 7) is 5.57. The molecule has 0 saturated heterocycles. The van der Waals surface area contributed by atoms with Crippen molar-refractivity contribution in [2.24, 2.45) is 11.8 Å². The maximum absolute atomic E-state index is 11.5. The summed E-state index contributed by atoms with van der Waals surface area (Å²) in [6.07, 6.45) is 8.35. The molecule has 0 aromatic heterocycles. The fourth-order valence-corrected chi connectivity index (χ4v) is 2.02. The van der Waals surface area contributed by atoms with Gasteiger partial charge in [0.05, 0.1) is 0 Å². The molecule has 1 rings (SSSR count). The Bertz CT molecular complexity index is 291. The number of aldehydes is 1. The second-order valence-electron chi connectivity index (χ2n) is 5.70. The van der Waals surface area contributed by atoms with Crippen LogP contribution in [0.3, 0.4) is 0 Å². The van der Waals surface area contributed by atoms with Gasteiger partial charge in [0.2, 0.25) is 0 Å². The Morgan fingerprint density at radius 2 is 1.65 bits per heavy atom. The first kappa shape index (κ1) is 13.9. The van der Waals surface area contributed by atoms with Gasteiger partial charge in [-0.25, -0.2) is 4.79 Å². The van der Waals surface area contributed by atoms with Crippen LogP contribution in [0.25, 0.3) is 0 Å². The minimum Gasteiger partial charge on any atom is -0.457 e. The van der Waals surface area contributed by atoms with Crippen molar-refractivity contribution in [2.45, 2.75) is 52.1 Å². The average molecular weight is 238 g/mol. The van der Waals surface area contributed by atoms with Crippen LogP contribution in [0.5, 0.6) is 0 Å². The molecule has 0 bridgehead atoms. The zero-order chi connectivity index (χ0) is 12.9. The quantitative estimate of drug-likeness (QED) is 0.431. The summed E-state index contributed by atoms with van der Waals surface area (Å²) in [6, 6.07) is 0. The van der Waals surface area contributed by atoms with E-state index in [0.29, 0.717) is 5.92 Å². The molecule has 3 heteroatoms. The number of carbonyl (C=O) groups is 2. The lowest BCUT2D eigenvalue weighted by atomic mass is 9.82. The summed E-state index contributed by atoms with van der Waals surface area (Å²) in [4.78, 5) is 22.1. The molecule has 0 unspecified atom stereocenters. The molecule has 96 valence electrons. The molecule has 0 spiro atoms. The van der Waals surface area contributed by atoms with E-state index in [-0.39, 0.29) is 11.9 Å². The fourth-order valence-electron chi connectivity index (χ4n) is 2.02. The molecule has 0 heterocycles. The normalized spacial score (nSPS) is 25.8. The maximum Gasteiger partial charge on any atom is 0.330 e. The molecular weight excluding hydrogens is 216 g/mol. The third-order valence-corrected chi connectivity index (χ3v) is 2.92. The summed E-state index contributed by atoms with van der Waals surface area (Å²) in [5.41, 5.74) is -0.434. The third-order valence-electron chi connectivity index (χ3n) is 2.92. The molecule has 1 saturated carbocycles. The maximum atomic E-state index is 11.5. The van der Waals surface area contributed by atoms with Crippen molar-refractivity contribution in [1.29, 1.82) is 0 Å². The number of esters is 1. The van der Waals surface area contributed by atoms with Gasteiger partial charge in [0, 0.05) is 12.0 Å². The van der Waals surface area contributed by atoms with Crippen molar-refractivity contribution in [3.63, 3.8) is 0 Å². The number of hydrogen-bond donors (Lipinski definition) is 0. The van der Waals surface area contributed by atoms with E-state index in [2.05, 4.69) is 0 Å². The van der Waals surface area contributed by atoms with Crippen molar-refractivity contribution >= 4 is 12.3 Å². The van der Waals surface area contributed by atoms with E-state index < -0.39 is 5.60 Å². The van der Waals surface area contributed by atoms with Crippen LogP contribution < -0.4 is 0 Å². The lowest BCUT2D eigenvalue weighted by molar-refractivity contribution is -0.148. The minimum atomic E-state index is -0.434. The highest BCUT2D eigenvalue weighted by atomic mass is 16.6. The van der Waals surface area contributed by atoms with Crippen LogP contribution in [-0.2, 0) is 14.3 Å². The molecule has 1 aliphatic carbocycles. The van der Waals surface area contributed by atoms with Crippen LogP contribution in [-0.4, -0.2) is 17.9 Å². The molecule has 0 N–H and O–H groups in total. The molecule has 0 amide bonds. The number of carbonyl (C=O) groups excluding carboxylic acids is 2. The van der Waals surface area contributed by atoms with Gasteiger partial charge < -0.3 is 9.53 Å². The van der Waals surface area contributed by atoms with Crippen LogP contribution in [0.4, 0.5) is 0 Å². The lowest BCUT2D eigenvalue weighted by Gasteiger charge is -2.23. The number of hydrogen-bond acceptors (Lipinski definition) is 3. The Balaban J connectivity index is 2.34. The van der Waals surface area contributed by atoms with Gasteiger partial charge in [0.1, 0.15) is 11.9 Å². The van der Waals surface area contributed by atoms with Crippen molar-refractivity contribution in [3.05, 3.63) is 12.2 Å². The second-order valence-corrected chi connectivity index (χ2v) is 5.70. The molecule has 0 aliphatic heterocycles. The number of ether oxygens (including phenoxy) is 1. The lowest BCUT2D eigenvalue weighted by Crippen LogP contribution is -2.22. The van der Waals surface area contributed by atoms with Crippen molar-refractivity contribution in [3.8, 4) is 0 Å². The molecule has 1 fully saturated rings. The standard InChI is InChI=1S/C14H22O3/c1-14(2,3)17-13(16)9-8-11-4-6-12(10-15)7-5-11/h8-12H,4-7H2,1-3H3/b9-8+. The van der Waals surface area contributed by atoms with Crippen LogP contribution in [0.2, 0.25) is 0 Å². The van der Waals surface area contributed by atoms with Gasteiger partial charge in [-0.2, -0.15) is 0 Å². The summed E-state index contributed by atoms with van der Waals surface area (Å²) in [5.74, 6) is 0.356. The molecule has 1 aliphatic rings. The summed E-state index contributed by atoms with van der Waals surface area (Å²) < 4.78 is 5.19. The predicted octanol–water partition coefficient (Wildman–Crippen LogP) is 2.89.